The van der Waals surface area contributed by atoms with Crippen LogP contribution in [0.4, 0.5) is 5.82 Å². The quantitative estimate of drug-likeness (QED) is 0.458. The minimum Gasteiger partial charge on any atom is -0.371 e. The summed E-state index contributed by atoms with van der Waals surface area (Å²) in [6.45, 7) is 1.42. The van der Waals surface area contributed by atoms with Crippen molar-refractivity contribution >= 4 is 44.4 Å². The number of carbonyl (C=O) groups is 1. The van der Waals surface area contributed by atoms with Crippen molar-refractivity contribution in [2.24, 2.45) is 7.05 Å². The Morgan fingerprint density at radius 3 is 3.07 bits per heavy atom. The second-order valence-electron chi connectivity index (χ2n) is 7.50. The molecule has 0 saturated carbocycles. The van der Waals surface area contributed by atoms with Crippen LogP contribution in [0.25, 0.3) is 32.0 Å². The number of rotatable bonds is 5. The molecule has 8 nitrogen and oxygen atoms in total. The van der Waals surface area contributed by atoms with Crippen molar-refractivity contribution in [3.8, 4) is 10.6 Å². The molecule has 9 heteroatoms. The summed E-state index contributed by atoms with van der Waals surface area (Å²) in [6, 6.07) is 8.09. The Hall–Kier alpha value is -3.04. The molecule has 1 aliphatic heterocycles. The zero-order valence-electron chi connectivity index (χ0n) is 16.9. The normalized spacial score (nSPS) is 16.4. The molecule has 154 valence electrons. The summed E-state index contributed by atoms with van der Waals surface area (Å²) in [6.07, 6.45) is 3.76. The molecule has 0 bridgehead atoms. The van der Waals surface area contributed by atoms with Gasteiger partial charge in [-0.2, -0.15) is 0 Å². The maximum Gasteiger partial charge on any atom is 0.237 e. The van der Waals surface area contributed by atoms with E-state index in [9.17, 15) is 4.79 Å². The van der Waals surface area contributed by atoms with Crippen LogP contribution < -0.4 is 16.0 Å². The molecule has 1 saturated heterocycles. The average Bonchev–Trinajstić information content (AvgIpc) is 3.51. The third-order valence-electron chi connectivity index (χ3n) is 5.46. The fourth-order valence-electron chi connectivity index (χ4n) is 3.91. The van der Waals surface area contributed by atoms with E-state index in [2.05, 4.69) is 32.0 Å². The number of imidazole rings is 1. The number of anilines is 1. The summed E-state index contributed by atoms with van der Waals surface area (Å²) in [5, 5.41) is 10.3. The van der Waals surface area contributed by atoms with Gasteiger partial charge in [0.05, 0.1) is 17.9 Å². The molecule has 4 heterocycles. The molecule has 30 heavy (non-hydrogen) atoms. The van der Waals surface area contributed by atoms with Crippen molar-refractivity contribution in [3.63, 3.8) is 0 Å². The predicted molar refractivity (Wildman–Crippen MR) is 120 cm³/mol. The lowest BCUT2D eigenvalue weighted by Crippen LogP contribution is -2.39. The molecule has 1 fully saturated rings. The Balaban J connectivity index is 1.45. The minimum absolute atomic E-state index is 0.0637. The first-order valence-corrected chi connectivity index (χ1v) is 10.9. The van der Waals surface area contributed by atoms with Crippen LogP contribution in [0.5, 0.6) is 0 Å². The third-order valence-corrected chi connectivity index (χ3v) is 6.56. The van der Waals surface area contributed by atoms with Crippen LogP contribution in [-0.2, 0) is 18.4 Å². The van der Waals surface area contributed by atoms with E-state index in [0.29, 0.717) is 12.2 Å². The van der Waals surface area contributed by atoms with Crippen LogP contribution in [0.2, 0.25) is 0 Å². The van der Waals surface area contributed by atoms with Gasteiger partial charge in [0.15, 0.2) is 11.5 Å². The lowest BCUT2D eigenvalue weighted by atomic mass is 10.1. The Labute approximate surface area is 177 Å². The van der Waals surface area contributed by atoms with E-state index in [1.54, 1.807) is 17.7 Å². The monoisotopic (exact) mass is 421 g/mol. The molecule has 0 spiro atoms. The number of benzene rings is 1. The second kappa shape index (κ2) is 7.66. The molecule has 3 N–H and O–H groups in total. The summed E-state index contributed by atoms with van der Waals surface area (Å²) < 4.78 is 3.02. The van der Waals surface area contributed by atoms with E-state index in [0.717, 1.165) is 57.1 Å². The molecule has 3 aromatic heterocycles. The zero-order chi connectivity index (χ0) is 20.7. The number of amides is 1. The van der Waals surface area contributed by atoms with Crippen LogP contribution in [0, 0.1) is 0 Å². The molecule has 5 rings (SSSR count). The Bertz CT molecular complexity index is 1240. The Morgan fingerprint density at radius 1 is 1.37 bits per heavy atom. The van der Waals surface area contributed by atoms with Gasteiger partial charge in [-0.1, -0.05) is 18.2 Å². The lowest BCUT2D eigenvalue weighted by molar-refractivity contribution is -0.122. The number of hydrogen-bond donors (Lipinski definition) is 3. The van der Waals surface area contributed by atoms with Gasteiger partial charge in [0.2, 0.25) is 5.91 Å². The van der Waals surface area contributed by atoms with Gasteiger partial charge < -0.3 is 20.5 Å². The van der Waals surface area contributed by atoms with Crippen LogP contribution in [0.3, 0.4) is 0 Å². The van der Waals surface area contributed by atoms with Crippen molar-refractivity contribution in [2.75, 3.05) is 18.9 Å². The maximum atomic E-state index is 12.3. The molecule has 0 unspecified atom stereocenters. The van der Waals surface area contributed by atoms with E-state index in [1.165, 1.54) is 0 Å². The standard InChI is InChI=1S/C21H23N7OS/c1-22-18-15-16(28(2)11-25-15)17-19(26-18)27-21(30-17)13-6-3-5-12(9-13)10-24-20(29)14-7-4-8-23-14/h3,5-6,9,11,14,23H,4,7-8,10H2,1-2H3,(H,22,26)(H,24,29)/t14-/m1/s1. The highest BCUT2D eigenvalue weighted by Crippen LogP contribution is 2.36. The van der Waals surface area contributed by atoms with Crippen molar-refractivity contribution in [3.05, 3.63) is 36.2 Å². The summed E-state index contributed by atoms with van der Waals surface area (Å²) in [7, 11) is 3.82. The average molecular weight is 422 g/mol. The molecular weight excluding hydrogens is 398 g/mol. The van der Waals surface area contributed by atoms with Gasteiger partial charge >= 0.3 is 0 Å². The molecule has 0 radical (unpaired) electrons. The number of fused-ring (bicyclic) bond motifs is 3. The van der Waals surface area contributed by atoms with Crippen molar-refractivity contribution in [1.29, 1.82) is 0 Å². The number of carbonyl (C=O) groups excluding carboxylic acids is 1. The van der Waals surface area contributed by atoms with E-state index < -0.39 is 0 Å². The number of aromatic nitrogens is 4. The topological polar surface area (TPSA) is 96.8 Å². The lowest BCUT2D eigenvalue weighted by Gasteiger charge is -2.11. The number of hydrogen-bond acceptors (Lipinski definition) is 7. The van der Waals surface area contributed by atoms with Gasteiger partial charge in [-0.25, -0.2) is 15.0 Å². The molecule has 0 aliphatic carbocycles. The van der Waals surface area contributed by atoms with Gasteiger partial charge in [0.25, 0.3) is 0 Å². The van der Waals surface area contributed by atoms with Gasteiger partial charge in [-0.15, -0.1) is 11.3 Å². The second-order valence-corrected chi connectivity index (χ2v) is 8.50. The van der Waals surface area contributed by atoms with E-state index in [-0.39, 0.29) is 11.9 Å². The van der Waals surface area contributed by atoms with E-state index in [4.69, 9.17) is 4.98 Å². The third kappa shape index (κ3) is 3.29. The van der Waals surface area contributed by atoms with Gasteiger partial charge in [-0.05, 0) is 31.0 Å². The first-order valence-electron chi connectivity index (χ1n) is 10.0. The first-order chi connectivity index (χ1) is 14.6. The summed E-state index contributed by atoms with van der Waals surface area (Å²) in [5.41, 5.74) is 4.65. The molecule has 1 atom stereocenters. The van der Waals surface area contributed by atoms with Crippen molar-refractivity contribution < 1.29 is 4.79 Å². The zero-order valence-corrected chi connectivity index (χ0v) is 17.7. The maximum absolute atomic E-state index is 12.3. The fraction of sp³-hybridized carbons (Fsp3) is 0.333. The highest BCUT2D eigenvalue weighted by molar-refractivity contribution is 7.22. The van der Waals surface area contributed by atoms with Crippen LogP contribution in [0.15, 0.2) is 30.6 Å². The summed E-state index contributed by atoms with van der Waals surface area (Å²) in [4.78, 5) is 26.2. The van der Waals surface area contributed by atoms with Crippen molar-refractivity contribution in [1.82, 2.24) is 30.2 Å². The highest BCUT2D eigenvalue weighted by atomic mass is 32.1. The fourth-order valence-corrected chi connectivity index (χ4v) is 5.00. The molecule has 1 aliphatic rings. The molecule has 1 aromatic carbocycles. The summed E-state index contributed by atoms with van der Waals surface area (Å²) >= 11 is 1.61. The van der Waals surface area contributed by atoms with E-state index in [1.807, 2.05) is 36.9 Å². The number of thiazole rings is 1. The van der Waals surface area contributed by atoms with Gasteiger partial charge in [-0.3, -0.25) is 4.79 Å². The van der Waals surface area contributed by atoms with Crippen LogP contribution >= 0.6 is 11.3 Å². The number of pyridine rings is 1. The molecular formula is C21H23N7OS. The Morgan fingerprint density at radius 2 is 2.27 bits per heavy atom. The SMILES string of the molecule is CNc1nc2nc(-c3cccc(CNC(=O)[C@H]4CCCN4)c3)sc2c2c1ncn2C. The highest BCUT2D eigenvalue weighted by Gasteiger charge is 2.21. The van der Waals surface area contributed by atoms with Crippen LogP contribution in [-0.4, -0.2) is 45.1 Å². The largest absolute Gasteiger partial charge is 0.371 e. The summed E-state index contributed by atoms with van der Waals surface area (Å²) in [5.74, 6) is 0.798. The molecule has 4 aromatic rings. The van der Waals surface area contributed by atoms with Gasteiger partial charge in [0.1, 0.15) is 15.2 Å². The number of nitrogens with zero attached hydrogens (tertiary/aromatic N) is 4. The van der Waals surface area contributed by atoms with Crippen molar-refractivity contribution in [2.45, 2.75) is 25.4 Å². The minimum atomic E-state index is -0.0637. The van der Waals surface area contributed by atoms with Gasteiger partial charge in [0, 0.05) is 26.2 Å². The smallest absolute Gasteiger partial charge is 0.237 e. The molecule has 1 amide bonds. The number of nitrogens with one attached hydrogen (secondary N) is 3. The van der Waals surface area contributed by atoms with Crippen LogP contribution in [0.1, 0.15) is 18.4 Å². The number of aryl methyl sites for hydroxylation is 1. The Kier molecular flexibility index (Phi) is 4.84. The first kappa shape index (κ1) is 19.0. The predicted octanol–water partition coefficient (Wildman–Crippen LogP) is 2.65. The van der Waals surface area contributed by atoms with E-state index >= 15 is 0 Å².